The van der Waals surface area contributed by atoms with Crippen LogP contribution in [0.3, 0.4) is 0 Å². The summed E-state index contributed by atoms with van der Waals surface area (Å²) < 4.78 is 16.5. The Labute approximate surface area is 161 Å². The van der Waals surface area contributed by atoms with Gasteiger partial charge in [0.25, 0.3) is 5.91 Å². The highest BCUT2D eigenvalue weighted by atomic mass is 16.5. The van der Waals surface area contributed by atoms with Crippen molar-refractivity contribution in [2.75, 3.05) is 31.7 Å². The van der Waals surface area contributed by atoms with E-state index in [4.69, 9.17) is 14.2 Å². The number of carbonyl (C=O) groups is 1. The van der Waals surface area contributed by atoms with Crippen molar-refractivity contribution in [2.24, 2.45) is 0 Å². The van der Waals surface area contributed by atoms with E-state index >= 15 is 0 Å². The summed E-state index contributed by atoms with van der Waals surface area (Å²) in [6.45, 7) is 9.92. The minimum Gasteiger partial charge on any atom is -0.489 e. The number of carbonyl (C=O) groups excluding carboxylic acids is 1. The second-order valence-electron chi connectivity index (χ2n) is 7.15. The average molecular weight is 371 g/mol. The van der Waals surface area contributed by atoms with Crippen molar-refractivity contribution in [2.45, 2.75) is 33.1 Å². The summed E-state index contributed by atoms with van der Waals surface area (Å²) in [5.74, 6) is 1.04. The maximum absolute atomic E-state index is 12.2. The zero-order valence-electron chi connectivity index (χ0n) is 16.6. The van der Waals surface area contributed by atoms with Gasteiger partial charge in [0.2, 0.25) is 0 Å². The van der Waals surface area contributed by atoms with Gasteiger partial charge in [-0.3, -0.25) is 4.79 Å². The lowest BCUT2D eigenvalue weighted by Crippen LogP contribution is -2.21. The quantitative estimate of drug-likeness (QED) is 0.663. The predicted molar refractivity (Wildman–Crippen MR) is 108 cm³/mol. The van der Waals surface area contributed by atoms with E-state index in [2.05, 4.69) is 26.1 Å². The molecular weight excluding hydrogens is 342 g/mol. The van der Waals surface area contributed by atoms with Crippen LogP contribution < -0.4 is 14.8 Å². The van der Waals surface area contributed by atoms with Gasteiger partial charge in [-0.1, -0.05) is 45.0 Å². The van der Waals surface area contributed by atoms with Crippen LogP contribution in [0.15, 0.2) is 48.5 Å². The van der Waals surface area contributed by atoms with Gasteiger partial charge in [0.15, 0.2) is 6.61 Å². The number of rotatable bonds is 9. The Hall–Kier alpha value is -2.53. The summed E-state index contributed by atoms with van der Waals surface area (Å²) in [6.07, 6.45) is 0. The summed E-state index contributed by atoms with van der Waals surface area (Å²) in [6, 6.07) is 15.1. The molecule has 0 bridgehead atoms. The molecule has 5 heteroatoms. The number of nitrogens with one attached hydrogen (secondary N) is 1. The number of para-hydroxylation sites is 2. The van der Waals surface area contributed by atoms with Crippen molar-refractivity contribution in [3.05, 3.63) is 54.1 Å². The number of hydrogen-bond donors (Lipinski definition) is 1. The van der Waals surface area contributed by atoms with Crippen LogP contribution in [0.25, 0.3) is 0 Å². The third-order valence-corrected chi connectivity index (χ3v) is 3.94. The van der Waals surface area contributed by atoms with Crippen LogP contribution in [0, 0.1) is 0 Å². The summed E-state index contributed by atoms with van der Waals surface area (Å²) in [5, 5.41) is 2.83. The lowest BCUT2D eigenvalue weighted by molar-refractivity contribution is -0.118. The average Bonchev–Trinajstić information content (AvgIpc) is 2.64. The molecule has 0 heterocycles. The molecule has 0 aliphatic heterocycles. The number of benzene rings is 2. The van der Waals surface area contributed by atoms with E-state index in [1.54, 1.807) is 6.07 Å². The topological polar surface area (TPSA) is 56.8 Å². The Bertz CT molecular complexity index is 720. The first-order valence-electron chi connectivity index (χ1n) is 9.23. The van der Waals surface area contributed by atoms with Gasteiger partial charge in [0.05, 0.1) is 12.3 Å². The molecule has 0 aromatic heterocycles. The van der Waals surface area contributed by atoms with E-state index in [0.717, 1.165) is 0 Å². The fourth-order valence-corrected chi connectivity index (χ4v) is 2.44. The van der Waals surface area contributed by atoms with Crippen LogP contribution in [0.4, 0.5) is 5.69 Å². The van der Waals surface area contributed by atoms with Gasteiger partial charge in [-0.15, -0.1) is 0 Å². The van der Waals surface area contributed by atoms with E-state index in [9.17, 15) is 4.79 Å². The molecule has 0 aliphatic carbocycles. The molecule has 0 unspecified atom stereocenters. The minimum atomic E-state index is -0.240. The van der Waals surface area contributed by atoms with Crippen molar-refractivity contribution in [3.63, 3.8) is 0 Å². The molecule has 0 atom stereocenters. The molecule has 2 aromatic carbocycles. The maximum Gasteiger partial charge on any atom is 0.262 e. The SMILES string of the molecule is CCOCCOc1ccccc1NC(=O)COc1ccc(C(C)(C)C)cc1. The molecule has 27 heavy (non-hydrogen) atoms. The fraction of sp³-hybridized carbons (Fsp3) is 0.409. The van der Waals surface area contributed by atoms with Crippen LogP contribution >= 0.6 is 0 Å². The summed E-state index contributed by atoms with van der Waals surface area (Å²) in [5.41, 5.74) is 1.92. The third-order valence-electron chi connectivity index (χ3n) is 3.94. The zero-order chi connectivity index (χ0) is 19.7. The van der Waals surface area contributed by atoms with Gasteiger partial charge in [0, 0.05) is 6.61 Å². The van der Waals surface area contributed by atoms with Crippen molar-refractivity contribution < 1.29 is 19.0 Å². The lowest BCUT2D eigenvalue weighted by atomic mass is 9.87. The standard InChI is InChI=1S/C22H29NO4/c1-5-25-14-15-26-20-9-7-6-8-19(20)23-21(24)16-27-18-12-10-17(11-13-18)22(2,3)4/h6-13H,5,14-16H2,1-4H3,(H,23,24). The molecular formula is C22H29NO4. The zero-order valence-corrected chi connectivity index (χ0v) is 16.6. The second-order valence-corrected chi connectivity index (χ2v) is 7.15. The Morgan fingerprint density at radius 1 is 0.963 bits per heavy atom. The van der Waals surface area contributed by atoms with Crippen LogP contribution in [-0.4, -0.2) is 32.3 Å². The highest BCUT2D eigenvalue weighted by Gasteiger charge is 2.13. The van der Waals surface area contributed by atoms with Gasteiger partial charge in [0.1, 0.15) is 18.1 Å². The molecule has 0 aliphatic rings. The van der Waals surface area contributed by atoms with Gasteiger partial charge < -0.3 is 19.5 Å². The normalized spacial score (nSPS) is 11.1. The molecule has 5 nitrogen and oxygen atoms in total. The van der Waals surface area contributed by atoms with E-state index < -0.39 is 0 Å². The van der Waals surface area contributed by atoms with Crippen molar-refractivity contribution in [3.8, 4) is 11.5 Å². The molecule has 2 rings (SSSR count). The number of hydrogen-bond acceptors (Lipinski definition) is 4. The summed E-state index contributed by atoms with van der Waals surface area (Å²) in [7, 11) is 0. The number of ether oxygens (including phenoxy) is 3. The Morgan fingerprint density at radius 3 is 2.33 bits per heavy atom. The third kappa shape index (κ3) is 6.94. The number of amides is 1. The first-order valence-corrected chi connectivity index (χ1v) is 9.23. The molecule has 0 spiro atoms. The van der Waals surface area contributed by atoms with Crippen molar-refractivity contribution in [1.29, 1.82) is 0 Å². The maximum atomic E-state index is 12.2. The molecule has 1 N–H and O–H groups in total. The van der Waals surface area contributed by atoms with Crippen LogP contribution in [0.1, 0.15) is 33.3 Å². The summed E-state index contributed by atoms with van der Waals surface area (Å²) >= 11 is 0. The fourth-order valence-electron chi connectivity index (χ4n) is 2.44. The van der Waals surface area contributed by atoms with Crippen LogP contribution in [-0.2, 0) is 14.9 Å². The first kappa shape index (κ1) is 20.8. The smallest absolute Gasteiger partial charge is 0.262 e. The van der Waals surface area contributed by atoms with Crippen molar-refractivity contribution >= 4 is 11.6 Å². The Balaban J connectivity index is 1.87. The van der Waals surface area contributed by atoms with Gasteiger partial charge in [-0.25, -0.2) is 0 Å². The second kappa shape index (κ2) is 9.97. The molecule has 0 saturated heterocycles. The van der Waals surface area contributed by atoms with Crippen LogP contribution in [0.2, 0.25) is 0 Å². The van der Waals surface area contributed by atoms with E-state index in [1.165, 1.54) is 5.56 Å². The van der Waals surface area contributed by atoms with E-state index in [1.807, 2.05) is 49.4 Å². The highest BCUT2D eigenvalue weighted by Crippen LogP contribution is 2.25. The van der Waals surface area contributed by atoms with E-state index in [0.29, 0.717) is 37.0 Å². The largest absolute Gasteiger partial charge is 0.489 e. The Morgan fingerprint density at radius 2 is 1.67 bits per heavy atom. The molecule has 0 fully saturated rings. The van der Waals surface area contributed by atoms with Gasteiger partial charge in [-0.2, -0.15) is 0 Å². The lowest BCUT2D eigenvalue weighted by Gasteiger charge is -2.19. The highest BCUT2D eigenvalue weighted by molar-refractivity contribution is 5.93. The predicted octanol–water partition coefficient (Wildman–Crippen LogP) is 4.42. The van der Waals surface area contributed by atoms with Gasteiger partial charge in [-0.05, 0) is 42.2 Å². The monoisotopic (exact) mass is 371 g/mol. The van der Waals surface area contributed by atoms with Gasteiger partial charge >= 0.3 is 0 Å². The number of anilines is 1. The van der Waals surface area contributed by atoms with Crippen LogP contribution in [0.5, 0.6) is 11.5 Å². The molecule has 0 saturated carbocycles. The first-order chi connectivity index (χ1) is 12.9. The molecule has 2 aromatic rings. The molecule has 0 radical (unpaired) electrons. The molecule has 146 valence electrons. The Kier molecular flexibility index (Phi) is 7.67. The van der Waals surface area contributed by atoms with Crippen molar-refractivity contribution in [1.82, 2.24) is 0 Å². The summed E-state index contributed by atoms with van der Waals surface area (Å²) in [4.78, 5) is 12.2. The minimum absolute atomic E-state index is 0.0673. The molecule has 1 amide bonds. The van der Waals surface area contributed by atoms with E-state index in [-0.39, 0.29) is 17.9 Å².